The van der Waals surface area contributed by atoms with Gasteiger partial charge in [0, 0.05) is 25.3 Å². The summed E-state index contributed by atoms with van der Waals surface area (Å²) in [5, 5.41) is 14.0. The van der Waals surface area contributed by atoms with Crippen LogP contribution in [-0.4, -0.2) is 67.4 Å². The minimum absolute atomic E-state index is 0.176. The molecule has 6 nitrogen and oxygen atoms in total. The van der Waals surface area contributed by atoms with Gasteiger partial charge < -0.3 is 25.0 Å². The number of carbonyl (C=O) groups excluding carboxylic acids is 1. The minimum Gasteiger partial charge on any atom is -0.495 e. The van der Waals surface area contributed by atoms with E-state index < -0.39 is 5.60 Å². The number of hydrogen-bond acceptors (Lipinski definition) is 4. The number of hydrogen-bond donors (Lipinski definition) is 2. The van der Waals surface area contributed by atoms with Crippen LogP contribution < -0.4 is 10.1 Å². The number of likely N-dealkylation sites (tertiary alicyclic amines) is 1. The second-order valence-electron chi connectivity index (χ2n) is 6.58. The van der Waals surface area contributed by atoms with Crippen molar-refractivity contribution in [3.63, 3.8) is 0 Å². The number of nitrogens with zero attached hydrogens (tertiary/aromatic N) is 2. The van der Waals surface area contributed by atoms with Crippen molar-refractivity contribution in [1.82, 2.24) is 9.80 Å². The molecule has 1 heterocycles. The lowest BCUT2D eigenvalue weighted by Gasteiger charge is -2.29. The topological polar surface area (TPSA) is 65.0 Å². The summed E-state index contributed by atoms with van der Waals surface area (Å²) in [6.45, 7) is 1.77. The molecule has 2 rings (SSSR count). The Kier molecular flexibility index (Phi) is 6.32. The molecule has 2 amide bonds. The highest BCUT2D eigenvalue weighted by molar-refractivity contribution is 6.32. The second-order valence-corrected chi connectivity index (χ2v) is 6.99. The summed E-state index contributed by atoms with van der Waals surface area (Å²) < 4.78 is 5.11. The van der Waals surface area contributed by atoms with E-state index in [4.69, 9.17) is 16.3 Å². The summed E-state index contributed by atoms with van der Waals surface area (Å²) in [5.74, 6) is 0.568. The zero-order valence-corrected chi connectivity index (χ0v) is 15.3. The molecule has 0 unspecified atom stereocenters. The maximum absolute atomic E-state index is 12.5. The molecule has 1 aromatic rings. The normalized spacial score (nSPS) is 21.5. The SMILES string of the molecule is COc1ccc(NC(=O)N2CCC[C@@](O)(CN(C)C)CC2)cc1Cl. The molecule has 0 aliphatic carbocycles. The Balaban J connectivity index is 1.96. The molecule has 1 saturated heterocycles. The van der Waals surface area contributed by atoms with Gasteiger partial charge in [0.25, 0.3) is 0 Å². The molecule has 7 heteroatoms. The van der Waals surface area contributed by atoms with Crippen LogP contribution in [0, 0.1) is 0 Å². The Morgan fingerprint density at radius 3 is 2.79 bits per heavy atom. The number of anilines is 1. The summed E-state index contributed by atoms with van der Waals surface area (Å²) in [6.07, 6.45) is 2.05. The maximum Gasteiger partial charge on any atom is 0.321 e. The molecule has 1 fully saturated rings. The molecule has 134 valence electrons. The minimum atomic E-state index is -0.734. The molecular formula is C17H26ClN3O3. The number of urea groups is 1. The quantitative estimate of drug-likeness (QED) is 0.871. The van der Waals surface area contributed by atoms with E-state index in [1.54, 1.807) is 30.2 Å². The third-order valence-electron chi connectivity index (χ3n) is 4.22. The van der Waals surface area contributed by atoms with Crippen molar-refractivity contribution in [3.05, 3.63) is 23.2 Å². The van der Waals surface area contributed by atoms with Crippen molar-refractivity contribution >= 4 is 23.3 Å². The van der Waals surface area contributed by atoms with E-state index in [1.807, 2.05) is 19.0 Å². The van der Waals surface area contributed by atoms with Crippen LogP contribution in [0.4, 0.5) is 10.5 Å². The molecule has 1 aromatic carbocycles. The van der Waals surface area contributed by atoms with Crippen molar-refractivity contribution in [1.29, 1.82) is 0 Å². The fourth-order valence-corrected chi connectivity index (χ4v) is 3.33. The maximum atomic E-state index is 12.5. The van der Waals surface area contributed by atoms with Crippen molar-refractivity contribution in [2.75, 3.05) is 46.2 Å². The van der Waals surface area contributed by atoms with Crippen LogP contribution in [0.1, 0.15) is 19.3 Å². The number of nitrogens with one attached hydrogen (secondary N) is 1. The Hall–Kier alpha value is -1.50. The Labute approximate surface area is 148 Å². The van der Waals surface area contributed by atoms with Crippen LogP contribution in [0.15, 0.2) is 18.2 Å². The van der Waals surface area contributed by atoms with Crippen LogP contribution in [0.5, 0.6) is 5.75 Å². The third kappa shape index (κ3) is 5.00. The van der Waals surface area contributed by atoms with Gasteiger partial charge in [0.05, 0.1) is 17.7 Å². The number of methoxy groups -OCH3 is 1. The molecule has 0 radical (unpaired) electrons. The van der Waals surface area contributed by atoms with Gasteiger partial charge in [0.2, 0.25) is 0 Å². The molecule has 24 heavy (non-hydrogen) atoms. The smallest absolute Gasteiger partial charge is 0.321 e. The largest absolute Gasteiger partial charge is 0.495 e. The van der Waals surface area contributed by atoms with Gasteiger partial charge in [0.15, 0.2) is 0 Å². The fraction of sp³-hybridized carbons (Fsp3) is 0.588. The molecule has 1 aliphatic heterocycles. The van der Waals surface area contributed by atoms with E-state index >= 15 is 0 Å². The van der Waals surface area contributed by atoms with E-state index in [1.165, 1.54) is 0 Å². The molecule has 0 aromatic heterocycles. The highest BCUT2D eigenvalue weighted by Gasteiger charge is 2.32. The predicted molar refractivity (Wildman–Crippen MR) is 96.0 cm³/mol. The Morgan fingerprint density at radius 1 is 1.42 bits per heavy atom. The first-order valence-electron chi connectivity index (χ1n) is 8.09. The first kappa shape index (κ1) is 18.8. The van der Waals surface area contributed by atoms with Gasteiger partial charge in [0.1, 0.15) is 5.75 Å². The zero-order valence-electron chi connectivity index (χ0n) is 14.5. The standard InChI is InChI=1S/C17H26ClN3O3/c1-20(2)12-17(23)7-4-9-21(10-8-17)16(22)19-13-5-6-15(24-3)14(18)11-13/h5-6,11,23H,4,7-10,12H2,1-3H3,(H,19,22)/t17-/m0/s1. The van der Waals surface area contributed by atoms with Gasteiger partial charge in [-0.1, -0.05) is 11.6 Å². The number of amides is 2. The summed E-state index contributed by atoms with van der Waals surface area (Å²) in [4.78, 5) is 16.2. The van der Waals surface area contributed by atoms with Crippen LogP contribution in [0.2, 0.25) is 5.02 Å². The van der Waals surface area contributed by atoms with Gasteiger partial charge >= 0.3 is 6.03 Å². The van der Waals surface area contributed by atoms with Crippen LogP contribution >= 0.6 is 11.6 Å². The average molecular weight is 356 g/mol. The molecular weight excluding hydrogens is 330 g/mol. The number of aliphatic hydroxyl groups is 1. The summed E-state index contributed by atoms with van der Waals surface area (Å²) in [6, 6.07) is 4.96. The molecule has 1 atom stereocenters. The van der Waals surface area contributed by atoms with Crippen molar-refractivity contribution in [2.45, 2.75) is 24.9 Å². The number of rotatable bonds is 4. The summed E-state index contributed by atoms with van der Waals surface area (Å²) >= 11 is 6.08. The van der Waals surface area contributed by atoms with E-state index in [0.29, 0.717) is 48.9 Å². The zero-order chi connectivity index (χ0) is 17.7. The van der Waals surface area contributed by atoms with Crippen LogP contribution in [0.3, 0.4) is 0 Å². The van der Waals surface area contributed by atoms with Crippen LogP contribution in [-0.2, 0) is 0 Å². The summed E-state index contributed by atoms with van der Waals surface area (Å²) in [5.41, 5.74) is -0.110. The number of benzene rings is 1. The molecule has 2 N–H and O–H groups in total. The number of ether oxygens (including phenoxy) is 1. The highest BCUT2D eigenvalue weighted by atomic mass is 35.5. The monoisotopic (exact) mass is 355 g/mol. The van der Waals surface area contributed by atoms with Crippen molar-refractivity contribution < 1.29 is 14.6 Å². The number of likely N-dealkylation sites (N-methyl/N-ethyl adjacent to an activating group) is 1. The molecule has 1 aliphatic rings. The van der Waals surface area contributed by atoms with Crippen molar-refractivity contribution in [2.24, 2.45) is 0 Å². The Morgan fingerprint density at radius 2 is 2.17 bits per heavy atom. The molecule has 0 spiro atoms. The highest BCUT2D eigenvalue weighted by Crippen LogP contribution is 2.28. The Bertz CT molecular complexity index is 582. The van der Waals surface area contributed by atoms with Gasteiger partial charge in [-0.05, 0) is 51.6 Å². The van der Waals surface area contributed by atoms with E-state index in [9.17, 15) is 9.90 Å². The first-order chi connectivity index (χ1) is 11.3. The lowest BCUT2D eigenvalue weighted by molar-refractivity contribution is 0.00361. The van der Waals surface area contributed by atoms with Gasteiger partial charge in [-0.2, -0.15) is 0 Å². The molecule has 0 saturated carbocycles. The van der Waals surface area contributed by atoms with Gasteiger partial charge in [-0.15, -0.1) is 0 Å². The fourth-order valence-electron chi connectivity index (χ4n) is 3.08. The van der Waals surface area contributed by atoms with Crippen LogP contribution in [0.25, 0.3) is 0 Å². The van der Waals surface area contributed by atoms with E-state index in [-0.39, 0.29) is 6.03 Å². The molecule has 0 bridgehead atoms. The summed E-state index contributed by atoms with van der Waals surface area (Å²) in [7, 11) is 5.44. The van der Waals surface area contributed by atoms with E-state index in [0.717, 1.165) is 6.42 Å². The second kappa shape index (κ2) is 8.05. The number of carbonyl (C=O) groups is 1. The van der Waals surface area contributed by atoms with E-state index in [2.05, 4.69) is 5.32 Å². The number of halogens is 1. The lowest BCUT2D eigenvalue weighted by Crippen LogP contribution is -2.42. The lowest BCUT2D eigenvalue weighted by atomic mass is 9.94. The van der Waals surface area contributed by atoms with Gasteiger partial charge in [-0.3, -0.25) is 0 Å². The third-order valence-corrected chi connectivity index (χ3v) is 4.51. The van der Waals surface area contributed by atoms with Crippen molar-refractivity contribution in [3.8, 4) is 5.75 Å². The average Bonchev–Trinajstić information content (AvgIpc) is 2.68. The predicted octanol–water partition coefficient (Wildman–Crippen LogP) is 2.66. The van der Waals surface area contributed by atoms with Gasteiger partial charge in [-0.25, -0.2) is 4.79 Å². The first-order valence-corrected chi connectivity index (χ1v) is 8.47.